The lowest BCUT2D eigenvalue weighted by Gasteiger charge is -2.17. The Morgan fingerprint density at radius 3 is 2.40 bits per heavy atom. The van der Waals surface area contributed by atoms with Crippen LogP contribution in [-0.2, 0) is 0 Å². The van der Waals surface area contributed by atoms with Crippen molar-refractivity contribution in [2.45, 2.75) is 53.0 Å². The average Bonchev–Trinajstić information content (AvgIpc) is 2.00. The molecule has 15 heavy (non-hydrogen) atoms. The molecule has 0 spiro atoms. The highest BCUT2D eigenvalue weighted by Gasteiger charge is 2.06. The van der Waals surface area contributed by atoms with E-state index in [1.54, 1.807) is 0 Å². The Labute approximate surface area is 94.6 Å². The van der Waals surface area contributed by atoms with Gasteiger partial charge >= 0.3 is 0 Å². The summed E-state index contributed by atoms with van der Waals surface area (Å²) in [6.07, 6.45) is 5.07. The van der Waals surface area contributed by atoms with E-state index in [0.29, 0.717) is 12.0 Å². The molecule has 1 atom stereocenters. The number of nitrogens with one attached hydrogen (secondary N) is 1. The van der Waals surface area contributed by atoms with E-state index in [0.717, 1.165) is 30.7 Å². The monoisotopic (exact) mass is 210 g/mol. The van der Waals surface area contributed by atoms with E-state index in [1.165, 1.54) is 0 Å². The van der Waals surface area contributed by atoms with Gasteiger partial charge in [0, 0.05) is 17.4 Å². The van der Waals surface area contributed by atoms with E-state index in [1.807, 2.05) is 0 Å². The Hall–Kier alpha value is -0.920. The Bertz CT molecular complexity index is 217. The summed E-state index contributed by atoms with van der Waals surface area (Å²) in [4.78, 5) is 0. The van der Waals surface area contributed by atoms with Crippen molar-refractivity contribution in [3.05, 3.63) is 24.0 Å². The highest BCUT2D eigenvalue weighted by atomic mass is 14.9. The molecule has 1 unspecified atom stereocenters. The molecular weight excluding hydrogens is 184 g/mol. The van der Waals surface area contributed by atoms with E-state index in [-0.39, 0.29) is 0 Å². The Kier molecular flexibility index (Phi) is 6.93. The molecule has 0 radical (unpaired) electrons. The molecule has 0 saturated carbocycles. The first kappa shape index (κ1) is 14.1. The summed E-state index contributed by atoms with van der Waals surface area (Å²) in [7, 11) is 0. The first-order valence-corrected chi connectivity index (χ1v) is 5.84. The second-order valence-corrected chi connectivity index (χ2v) is 4.60. The maximum Gasteiger partial charge on any atom is 0.0201 e. The van der Waals surface area contributed by atoms with Gasteiger partial charge in [-0.1, -0.05) is 26.5 Å². The fourth-order valence-corrected chi connectivity index (χ4v) is 1.71. The maximum atomic E-state index is 5.87. The summed E-state index contributed by atoms with van der Waals surface area (Å²) in [5.41, 5.74) is 7.99. The SMILES string of the molecule is C=C(CC(C)C/C(N)=C\CC)NC(C)C. The van der Waals surface area contributed by atoms with Crippen molar-refractivity contribution >= 4 is 0 Å². The molecule has 2 nitrogen and oxygen atoms in total. The molecule has 0 fully saturated rings. The molecule has 0 rings (SSSR count). The van der Waals surface area contributed by atoms with Gasteiger partial charge < -0.3 is 11.1 Å². The maximum absolute atomic E-state index is 5.87. The van der Waals surface area contributed by atoms with E-state index in [4.69, 9.17) is 5.73 Å². The molecule has 0 saturated heterocycles. The van der Waals surface area contributed by atoms with Gasteiger partial charge in [0.05, 0.1) is 0 Å². The number of hydrogen-bond acceptors (Lipinski definition) is 2. The molecule has 0 aliphatic heterocycles. The van der Waals surface area contributed by atoms with Crippen LogP contribution < -0.4 is 11.1 Å². The number of allylic oxidation sites excluding steroid dienone is 3. The third kappa shape index (κ3) is 8.10. The zero-order valence-electron chi connectivity index (χ0n) is 10.6. The van der Waals surface area contributed by atoms with E-state index >= 15 is 0 Å². The van der Waals surface area contributed by atoms with Gasteiger partial charge in [0.25, 0.3) is 0 Å². The second kappa shape index (κ2) is 7.38. The minimum Gasteiger partial charge on any atom is -0.402 e. The Morgan fingerprint density at radius 2 is 1.93 bits per heavy atom. The van der Waals surface area contributed by atoms with Crippen LogP contribution in [0.3, 0.4) is 0 Å². The minimum atomic E-state index is 0.466. The number of rotatable bonds is 7. The molecule has 0 heterocycles. The molecule has 0 amide bonds. The lowest BCUT2D eigenvalue weighted by Crippen LogP contribution is -2.22. The van der Waals surface area contributed by atoms with Crippen molar-refractivity contribution in [3.8, 4) is 0 Å². The van der Waals surface area contributed by atoms with Crippen LogP contribution in [0.25, 0.3) is 0 Å². The normalized spacial score (nSPS) is 14.1. The summed E-state index contributed by atoms with van der Waals surface area (Å²) < 4.78 is 0. The first-order valence-electron chi connectivity index (χ1n) is 5.84. The van der Waals surface area contributed by atoms with Crippen molar-refractivity contribution in [3.63, 3.8) is 0 Å². The van der Waals surface area contributed by atoms with Crippen LogP contribution in [-0.4, -0.2) is 6.04 Å². The van der Waals surface area contributed by atoms with Crippen LogP contribution >= 0.6 is 0 Å². The van der Waals surface area contributed by atoms with Crippen molar-refractivity contribution in [1.82, 2.24) is 5.32 Å². The molecule has 2 heteroatoms. The highest BCUT2D eigenvalue weighted by molar-refractivity contribution is 5.00. The third-order valence-electron chi connectivity index (χ3n) is 2.14. The average molecular weight is 210 g/mol. The fraction of sp³-hybridized carbons (Fsp3) is 0.692. The largest absolute Gasteiger partial charge is 0.402 e. The molecule has 0 aromatic carbocycles. The van der Waals surface area contributed by atoms with E-state index in [2.05, 4.69) is 45.7 Å². The molecule has 0 bridgehead atoms. The molecule has 0 aliphatic rings. The van der Waals surface area contributed by atoms with Crippen molar-refractivity contribution in [1.29, 1.82) is 0 Å². The van der Waals surface area contributed by atoms with E-state index < -0.39 is 0 Å². The van der Waals surface area contributed by atoms with Gasteiger partial charge in [-0.2, -0.15) is 0 Å². The van der Waals surface area contributed by atoms with Crippen molar-refractivity contribution in [2.24, 2.45) is 11.7 Å². The zero-order chi connectivity index (χ0) is 11.8. The van der Waals surface area contributed by atoms with Crippen LogP contribution in [0.4, 0.5) is 0 Å². The lowest BCUT2D eigenvalue weighted by molar-refractivity contribution is 0.528. The van der Waals surface area contributed by atoms with Crippen molar-refractivity contribution in [2.75, 3.05) is 0 Å². The predicted molar refractivity (Wildman–Crippen MR) is 68.4 cm³/mol. The van der Waals surface area contributed by atoms with Gasteiger partial charge in [-0.05, 0) is 39.0 Å². The molecule has 88 valence electrons. The van der Waals surface area contributed by atoms with Crippen LogP contribution in [0.5, 0.6) is 0 Å². The zero-order valence-corrected chi connectivity index (χ0v) is 10.6. The van der Waals surface area contributed by atoms with Crippen LogP contribution in [0, 0.1) is 5.92 Å². The number of hydrogen-bond donors (Lipinski definition) is 2. The Balaban J connectivity index is 3.87. The molecule has 3 N–H and O–H groups in total. The summed E-state index contributed by atoms with van der Waals surface area (Å²) in [6, 6.07) is 0.466. The van der Waals surface area contributed by atoms with Gasteiger partial charge in [0.2, 0.25) is 0 Å². The van der Waals surface area contributed by atoms with Crippen LogP contribution in [0.2, 0.25) is 0 Å². The standard InChI is InChI=1S/C13H26N2/c1-6-7-13(14)9-11(4)8-12(5)15-10(2)3/h7,10-11,15H,5-6,8-9,14H2,1-4H3/b13-7+. The van der Waals surface area contributed by atoms with E-state index in [9.17, 15) is 0 Å². The highest BCUT2D eigenvalue weighted by Crippen LogP contribution is 2.15. The summed E-state index contributed by atoms with van der Waals surface area (Å²) in [5.74, 6) is 0.562. The van der Waals surface area contributed by atoms with Crippen LogP contribution in [0.15, 0.2) is 24.0 Å². The van der Waals surface area contributed by atoms with Gasteiger partial charge in [0.15, 0.2) is 0 Å². The topological polar surface area (TPSA) is 38.0 Å². The fourth-order valence-electron chi connectivity index (χ4n) is 1.71. The third-order valence-corrected chi connectivity index (χ3v) is 2.14. The summed E-state index contributed by atoms with van der Waals surface area (Å²) in [5, 5.41) is 3.32. The summed E-state index contributed by atoms with van der Waals surface area (Å²) in [6.45, 7) is 12.6. The van der Waals surface area contributed by atoms with Gasteiger partial charge in [-0.25, -0.2) is 0 Å². The first-order chi connectivity index (χ1) is 6.95. The van der Waals surface area contributed by atoms with Gasteiger partial charge in [-0.15, -0.1) is 0 Å². The predicted octanol–water partition coefficient (Wildman–Crippen LogP) is 3.17. The Morgan fingerprint density at radius 1 is 1.33 bits per heavy atom. The van der Waals surface area contributed by atoms with Gasteiger partial charge in [-0.3, -0.25) is 0 Å². The molecule has 0 aromatic heterocycles. The second-order valence-electron chi connectivity index (χ2n) is 4.60. The quantitative estimate of drug-likeness (QED) is 0.677. The number of nitrogens with two attached hydrogens (primary N) is 1. The van der Waals surface area contributed by atoms with Crippen molar-refractivity contribution < 1.29 is 0 Å². The smallest absolute Gasteiger partial charge is 0.0201 e. The minimum absolute atomic E-state index is 0.466. The molecule has 0 aromatic rings. The lowest BCUT2D eigenvalue weighted by atomic mass is 9.99. The molecule has 0 aliphatic carbocycles. The molecular formula is C13H26N2. The summed E-state index contributed by atoms with van der Waals surface area (Å²) >= 11 is 0. The van der Waals surface area contributed by atoms with Crippen LogP contribution in [0.1, 0.15) is 47.0 Å². The van der Waals surface area contributed by atoms with Gasteiger partial charge in [0.1, 0.15) is 0 Å².